The van der Waals surface area contributed by atoms with E-state index < -0.39 is 0 Å². The molecule has 0 atom stereocenters. The van der Waals surface area contributed by atoms with Crippen LogP contribution in [-0.2, 0) is 6.42 Å². The molecule has 0 radical (unpaired) electrons. The second kappa shape index (κ2) is 7.33. The molecule has 5 nitrogen and oxygen atoms in total. The molecule has 1 heterocycles. The van der Waals surface area contributed by atoms with E-state index in [-0.39, 0.29) is 5.75 Å². The summed E-state index contributed by atoms with van der Waals surface area (Å²) in [4.78, 5) is 4.67. The van der Waals surface area contributed by atoms with Crippen molar-refractivity contribution in [1.82, 2.24) is 0 Å². The lowest BCUT2D eigenvalue weighted by Crippen LogP contribution is -2.13. The van der Waals surface area contributed by atoms with Crippen LogP contribution < -0.4 is 4.74 Å². The van der Waals surface area contributed by atoms with Crippen molar-refractivity contribution < 1.29 is 9.84 Å². The Labute approximate surface area is 178 Å². The number of hydrogen-bond donors (Lipinski definition) is 1. The molecule has 4 aromatic rings. The van der Waals surface area contributed by atoms with Crippen molar-refractivity contribution in [3.8, 4) is 23.6 Å². The maximum atomic E-state index is 10.6. The number of nitriles is 2. The molecular formula is C26H15N3O2. The van der Waals surface area contributed by atoms with Crippen molar-refractivity contribution in [2.24, 2.45) is 4.99 Å². The zero-order valence-corrected chi connectivity index (χ0v) is 16.3. The van der Waals surface area contributed by atoms with Crippen LogP contribution in [0.4, 0.5) is 5.69 Å². The largest absolute Gasteiger partial charge is 0.507 e. The highest BCUT2D eigenvalue weighted by Gasteiger charge is 2.21. The minimum atomic E-state index is 0.171. The lowest BCUT2D eigenvalue weighted by atomic mass is 9.95. The zero-order chi connectivity index (χ0) is 21.4. The smallest absolute Gasteiger partial charge is 0.227 e. The predicted molar refractivity (Wildman–Crippen MR) is 118 cm³/mol. The van der Waals surface area contributed by atoms with Crippen LogP contribution in [0.3, 0.4) is 0 Å². The van der Waals surface area contributed by atoms with E-state index in [1.54, 1.807) is 48.5 Å². The van der Waals surface area contributed by atoms with Gasteiger partial charge in [-0.1, -0.05) is 18.2 Å². The van der Waals surface area contributed by atoms with Gasteiger partial charge < -0.3 is 9.84 Å². The summed E-state index contributed by atoms with van der Waals surface area (Å²) >= 11 is 0. The number of nitrogens with zero attached hydrogens (tertiary/aromatic N) is 3. The molecule has 0 amide bonds. The van der Waals surface area contributed by atoms with Gasteiger partial charge in [0.2, 0.25) is 5.90 Å². The van der Waals surface area contributed by atoms with Crippen LogP contribution in [0, 0.1) is 22.7 Å². The second-order valence-electron chi connectivity index (χ2n) is 7.27. The number of benzene rings is 4. The van der Waals surface area contributed by atoms with Crippen molar-refractivity contribution in [1.29, 1.82) is 10.5 Å². The molecule has 146 valence electrons. The van der Waals surface area contributed by atoms with Gasteiger partial charge in [0.25, 0.3) is 0 Å². The third-order valence-electron chi connectivity index (χ3n) is 5.33. The van der Waals surface area contributed by atoms with Crippen molar-refractivity contribution in [2.75, 3.05) is 0 Å². The van der Waals surface area contributed by atoms with Gasteiger partial charge in [-0.15, -0.1) is 0 Å². The molecule has 0 spiro atoms. The Morgan fingerprint density at radius 1 is 0.774 bits per heavy atom. The number of phenolic OH excluding ortho intramolecular Hbond substituents is 1. The highest BCUT2D eigenvalue weighted by atomic mass is 16.5. The van der Waals surface area contributed by atoms with E-state index in [9.17, 15) is 5.11 Å². The molecule has 0 bridgehead atoms. The number of phenols is 1. The Morgan fingerprint density at radius 3 is 2.13 bits per heavy atom. The summed E-state index contributed by atoms with van der Waals surface area (Å²) in [7, 11) is 0. The predicted octanol–water partition coefficient (Wildman–Crippen LogP) is 5.35. The van der Waals surface area contributed by atoms with Gasteiger partial charge in [-0.25, -0.2) is 4.99 Å². The average molecular weight is 401 g/mol. The Bertz CT molecular complexity index is 1440. The third kappa shape index (κ3) is 3.25. The SMILES string of the molecule is N#Cc1ccc(Cc2ccc3c4c(ccc(O)c24)N=C(c2ccc(C#N)cc2)O3)cc1. The normalized spacial score (nSPS) is 11.9. The fraction of sp³-hybridized carbons (Fsp3) is 0.0385. The van der Waals surface area contributed by atoms with E-state index >= 15 is 0 Å². The minimum absolute atomic E-state index is 0.171. The summed E-state index contributed by atoms with van der Waals surface area (Å²) in [6.07, 6.45) is 0.603. The van der Waals surface area contributed by atoms with Gasteiger partial charge in [0.1, 0.15) is 11.5 Å². The summed E-state index contributed by atoms with van der Waals surface area (Å²) in [5.74, 6) is 1.24. The summed E-state index contributed by atoms with van der Waals surface area (Å²) < 4.78 is 6.07. The highest BCUT2D eigenvalue weighted by Crippen LogP contribution is 2.44. The summed E-state index contributed by atoms with van der Waals surface area (Å²) in [6, 6.07) is 26.0. The first kappa shape index (κ1) is 18.4. The Balaban J connectivity index is 1.59. The van der Waals surface area contributed by atoms with Crippen LogP contribution in [0.5, 0.6) is 11.5 Å². The van der Waals surface area contributed by atoms with Crippen LogP contribution in [0.1, 0.15) is 27.8 Å². The number of aromatic hydroxyl groups is 1. The minimum Gasteiger partial charge on any atom is -0.507 e. The highest BCUT2D eigenvalue weighted by molar-refractivity contribution is 6.10. The quantitative estimate of drug-likeness (QED) is 0.501. The van der Waals surface area contributed by atoms with Gasteiger partial charge in [-0.3, -0.25) is 0 Å². The van der Waals surface area contributed by atoms with Crippen LogP contribution in [0.25, 0.3) is 10.8 Å². The van der Waals surface area contributed by atoms with Gasteiger partial charge in [-0.05, 0) is 72.1 Å². The maximum Gasteiger partial charge on any atom is 0.227 e. The van der Waals surface area contributed by atoms with Crippen molar-refractivity contribution in [3.05, 3.63) is 101 Å². The monoisotopic (exact) mass is 401 g/mol. The Hall–Kier alpha value is -4.61. The van der Waals surface area contributed by atoms with Crippen molar-refractivity contribution in [2.45, 2.75) is 6.42 Å². The topological polar surface area (TPSA) is 89.4 Å². The Kier molecular flexibility index (Phi) is 4.36. The molecule has 0 saturated carbocycles. The molecule has 1 N–H and O–H groups in total. The first-order chi connectivity index (χ1) is 15.2. The molecular weight excluding hydrogens is 386 g/mol. The van der Waals surface area contributed by atoms with Crippen LogP contribution in [-0.4, -0.2) is 11.0 Å². The number of rotatable bonds is 3. The third-order valence-corrected chi connectivity index (χ3v) is 5.33. The standard InChI is InChI=1S/C26H15N3O2/c27-14-17-3-1-16(2-4-17)13-20-9-12-23-25-21(10-11-22(30)24(20)25)29-26(31-23)19-7-5-18(15-28)6-8-19/h1-12,30H,13H2. The van der Waals surface area contributed by atoms with Gasteiger partial charge in [0.05, 0.1) is 34.3 Å². The van der Waals surface area contributed by atoms with Gasteiger partial charge >= 0.3 is 0 Å². The fourth-order valence-electron chi connectivity index (χ4n) is 3.79. The lowest BCUT2D eigenvalue weighted by molar-refractivity contribution is 0.480. The fourth-order valence-corrected chi connectivity index (χ4v) is 3.79. The molecule has 0 unspecified atom stereocenters. The van der Waals surface area contributed by atoms with E-state index in [1.165, 1.54) is 0 Å². The summed E-state index contributed by atoms with van der Waals surface area (Å²) in [6.45, 7) is 0. The Morgan fingerprint density at radius 2 is 1.45 bits per heavy atom. The maximum absolute atomic E-state index is 10.6. The van der Waals surface area contributed by atoms with Gasteiger partial charge in [-0.2, -0.15) is 10.5 Å². The molecule has 0 aliphatic carbocycles. The second-order valence-corrected chi connectivity index (χ2v) is 7.27. The van der Waals surface area contributed by atoms with E-state index in [2.05, 4.69) is 17.1 Å². The number of ether oxygens (including phenoxy) is 1. The van der Waals surface area contributed by atoms with E-state index in [0.29, 0.717) is 34.6 Å². The van der Waals surface area contributed by atoms with E-state index in [0.717, 1.165) is 27.8 Å². The van der Waals surface area contributed by atoms with Crippen molar-refractivity contribution >= 4 is 22.4 Å². The molecule has 5 heteroatoms. The van der Waals surface area contributed by atoms with Crippen LogP contribution >= 0.6 is 0 Å². The van der Waals surface area contributed by atoms with Crippen molar-refractivity contribution in [3.63, 3.8) is 0 Å². The van der Waals surface area contributed by atoms with E-state index in [4.69, 9.17) is 15.3 Å². The average Bonchev–Trinajstić information content (AvgIpc) is 2.82. The number of hydrogen-bond acceptors (Lipinski definition) is 5. The van der Waals surface area contributed by atoms with E-state index in [1.807, 2.05) is 24.3 Å². The molecule has 5 rings (SSSR count). The zero-order valence-electron chi connectivity index (χ0n) is 16.3. The molecule has 1 aliphatic heterocycles. The molecule has 0 saturated heterocycles. The lowest BCUT2D eigenvalue weighted by Gasteiger charge is -2.20. The molecule has 4 aromatic carbocycles. The molecule has 31 heavy (non-hydrogen) atoms. The first-order valence-corrected chi connectivity index (χ1v) is 9.70. The molecule has 1 aliphatic rings. The van der Waals surface area contributed by atoms with Gasteiger partial charge in [0, 0.05) is 10.9 Å². The summed E-state index contributed by atoms with van der Waals surface area (Å²) in [5, 5.41) is 30.1. The van der Waals surface area contributed by atoms with Crippen LogP contribution in [0.15, 0.2) is 77.8 Å². The molecule has 0 aromatic heterocycles. The number of aliphatic imine (C=N–C) groups is 1. The van der Waals surface area contributed by atoms with Crippen LogP contribution in [0.2, 0.25) is 0 Å². The van der Waals surface area contributed by atoms with Gasteiger partial charge in [0.15, 0.2) is 0 Å². The summed E-state index contributed by atoms with van der Waals surface area (Å²) in [5.41, 5.74) is 4.66. The first-order valence-electron chi connectivity index (χ1n) is 9.70. The molecule has 0 fully saturated rings.